The van der Waals surface area contributed by atoms with Crippen molar-refractivity contribution in [3.8, 4) is 11.5 Å². The highest BCUT2D eigenvalue weighted by molar-refractivity contribution is 8.00. The van der Waals surface area contributed by atoms with Crippen LogP contribution in [0.2, 0.25) is 0 Å². The molecule has 140 valence electrons. The van der Waals surface area contributed by atoms with Crippen LogP contribution in [0.5, 0.6) is 0 Å². The molecule has 1 aromatic heterocycles. The molecule has 1 aromatic carbocycles. The van der Waals surface area contributed by atoms with Crippen LogP contribution in [0.1, 0.15) is 34.6 Å². The SMILES string of the molecule is CC(C)N(C(=O)[C@H](C)Sc1nnc(-c2cccc([N+](=O)[O-])c2)o1)C(C)C. The van der Waals surface area contributed by atoms with Crippen molar-refractivity contribution in [3.05, 3.63) is 34.4 Å². The fraction of sp³-hybridized carbons (Fsp3) is 0.471. The Balaban J connectivity index is 2.14. The number of nitro groups is 1. The summed E-state index contributed by atoms with van der Waals surface area (Å²) in [5.74, 6) is 0.176. The van der Waals surface area contributed by atoms with Gasteiger partial charge in [0.05, 0.1) is 10.2 Å². The van der Waals surface area contributed by atoms with Crippen LogP contribution in [0.25, 0.3) is 11.5 Å². The summed E-state index contributed by atoms with van der Waals surface area (Å²) in [6.45, 7) is 9.69. The Bertz CT molecular complexity index is 783. The Labute approximate surface area is 156 Å². The molecule has 26 heavy (non-hydrogen) atoms. The molecule has 0 aliphatic rings. The molecule has 0 N–H and O–H groups in total. The van der Waals surface area contributed by atoms with Gasteiger partial charge in [-0.15, -0.1) is 10.2 Å². The van der Waals surface area contributed by atoms with E-state index in [1.54, 1.807) is 19.1 Å². The number of carbonyl (C=O) groups is 1. The number of amides is 1. The van der Waals surface area contributed by atoms with Crippen LogP contribution in [0.15, 0.2) is 33.9 Å². The van der Waals surface area contributed by atoms with Gasteiger partial charge in [0.1, 0.15) is 0 Å². The van der Waals surface area contributed by atoms with Crippen molar-refractivity contribution in [2.24, 2.45) is 0 Å². The molecule has 0 saturated heterocycles. The van der Waals surface area contributed by atoms with Gasteiger partial charge in [0.25, 0.3) is 10.9 Å². The average molecular weight is 378 g/mol. The smallest absolute Gasteiger partial charge is 0.277 e. The largest absolute Gasteiger partial charge is 0.411 e. The van der Waals surface area contributed by atoms with Gasteiger partial charge in [0, 0.05) is 29.8 Å². The number of aromatic nitrogens is 2. The van der Waals surface area contributed by atoms with Crippen LogP contribution >= 0.6 is 11.8 Å². The third-order valence-electron chi connectivity index (χ3n) is 3.70. The lowest BCUT2D eigenvalue weighted by Gasteiger charge is -2.32. The topological polar surface area (TPSA) is 102 Å². The predicted octanol–water partition coefficient (Wildman–Crippen LogP) is 3.77. The molecule has 0 aliphatic carbocycles. The Hall–Kier alpha value is -2.42. The molecule has 0 spiro atoms. The standard InChI is InChI=1S/C17H22N4O4S/c1-10(2)20(11(3)4)16(22)12(5)26-17-19-18-15(25-17)13-7-6-8-14(9-13)21(23)24/h6-12H,1-5H3/t12-/m0/s1. The number of nitrogens with zero attached hydrogens (tertiary/aromatic N) is 4. The third kappa shape index (κ3) is 4.60. The number of hydrogen-bond donors (Lipinski definition) is 0. The zero-order valence-electron chi connectivity index (χ0n) is 15.4. The van der Waals surface area contributed by atoms with Gasteiger partial charge in [-0.1, -0.05) is 17.8 Å². The molecule has 0 bridgehead atoms. The highest BCUT2D eigenvalue weighted by atomic mass is 32.2. The van der Waals surface area contributed by atoms with E-state index in [4.69, 9.17) is 4.42 Å². The zero-order chi connectivity index (χ0) is 19.4. The monoisotopic (exact) mass is 378 g/mol. The molecule has 0 unspecified atom stereocenters. The molecule has 1 heterocycles. The maximum Gasteiger partial charge on any atom is 0.277 e. The Morgan fingerprint density at radius 2 is 1.85 bits per heavy atom. The number of thioether (sulfide) groups is 1. The van der Waals surface area contributed by atoms with Crippen LogP contribution in [-0.4, -0.2) is 43.3 Å². The van der Waals surface area contributed by atoms with Crippen molar-refractivity contribution in [1.29, 1.82) is 0 Å². The predicted molar refractivity (Wildman–Crippen MR) is 98.8 cm³/mol. The van der Waals surface area contributed by atoms with E-state index < -0.39 is 10.2 Å². The van der Waals surface area contributed by atoms with Crippen molar-refractivity contribution in [2.45, 2.75) is 57.2 Å². The van der Waals surface area contributed by atoms with Crippen molar-refractivity contribution in [3.63, 3.8) is 0 Å². The highest BCUT2D eigenvalue weighted by Gasteiger charge is 2.27. The first-order valence-electron chi connectivity index (χ1n) is 8.27. The molecule has 0 radical (unpaired) electrons. The second kappa shape index (κ2) is 8.31. The summed E-state index contributed by atoms with van der Waals surface area (Å²) < 4.78 is 5.57. The van der Waals surface area contributed by atoms with Gasteiger partial charge in [0.2, 0.25) is 11.8 Å². The minimum atomic E-state index is -0.483. The summed E-state index contributed by atoms with van der Waals surface area (Å²) >= 11 is 1.18. The first kappa shape index (κ1) is 19.9. The molecular weight excluding hydrogens is 356 g/mol. The average Bonchev–Trinajstić information content (AvgIpc) is 3.02. The summed E-state index contributed by atoms with van der Waals surface area (Å²) in [6.07, 6.45) is 0. The van der Waals surface area contributed by atoms with Crippen molar-refractivity contribution >= 4 is 23.4 Å². The lowest BCUT2D eigenvalue weighted by molar-refractivity contribution is -0.384. The first-order valence-corrected chi connectivity index (χ1v) is 9.15. The summed E-state index contributed by atoms with van der Waals surface area (Å²) in [5, 5.41) is 18.6. The molecule has 0 aliphatic heterocycles. The summed E-state index contributed by atoms with van der Waals surface area (Å²) in [7, 11) is 0. The van der Waals surface area contributed by atoms with Crippen LogP contribution in [-0.2, 0) is 4.79 Å². The fourth-order valence-electron chi connectivity index (χ4n) is 2.64. The normalized spacial score (nSPS) is 12.4. The minimum Gasteiger partial charge on any atom is -0.411 e. The Kier molecular flexibility index (Phi) is 6.36. The molecule has 0 saturated carbocycles. The summed E-state index contributed by atoms with van der Waals surface area (Å²) in [6, 6.07) is 6.16. The first-order chi connectivity index (χ1) is 12.2. The molecule has 1 atom stereocenters. The van der Waals surface area contributed by atoms with E-state index in [2.05, 4.69) is 10.2 Å². The number of benzene rings is 1. The number of nitro benzene ring substituents is 1. The molecule has 9 heteroatoms. The quantitative estimate of drug-likeness (QED) is 0.410. The van der Waals surface area contributed by atoms with Crippen LogP contribution < -0.4 is 0 Å². The van der Waals surface area contributed by atoms with Crippen LogP contribution in [0, 0.1) is 10.1 Å². The second-order valence-corrected chi connectivity index (χ2v) is 7.67. The van der Waals surface area contributed by atoms with E-state index in [0.29, 0.717) is 5.56 Å². The van der Waals surface area contributed by atoms with Gasteiger partial charge in [-0.3, -0.25) is 14.9 Å². The molecule has 8 nitrogen and oxygen atoms in total. The lowest BCUT2D eigenvalue weighted by atomic mass is 10.2. The van der Waals surface area contributed by atoms with Gasteiger partial charge < -0.3 is 9.32 Å². The summed E-state index contributed by atoms with van der Waals surface area (Å²) in [5.41, 5.74) is 0.409. The molecule has 2 aromatic rings. The van der Waals surface area contributed by atoms with E-state index in [1.807, 2.05) is 32.6 Å². The Morgan fingerprint density at radius 1 is 1.19 bits per heavy atom. The lowest BCUT2D eigenvalue weighted by Crippen LogP contribution is -2.45. The number of hydrogen-bond acceptors (Lipinski definition) is 7. The minimum absolute atomic E-state index is 0.00454. The maximum absolute atomic E-state index is 12.7. The summed E-state index contributed by atoms with van der Waals surface area (Å²) in [4.78, 5) is 24.9. The zero-order valence-corrected chi connectivity index (χ0v) is 16.2. The maximum atomic E-state index is 12.7. The second-order valence-electron chi connectivity index (χ2n) is 6.37. The van der Waals surface area contributed by atoms with E-state index in [1.165, 1.54) is 23.9 Å². The fourth-order valence-corrected chi connectivity index (χ4v) is 3.38. The molecular formula is C17H22N4O4S. The number of carbonyl (C=O) groups excluding carboxylic acids is 1. The third-order valence-corrected chi connectivity index (χ3v) is 4.62. The van der Waals surface area contributed by atoms with Crippen molar-refractivity contribution in [2.75, 3.05) is 0 Å². The van der Waals surface area contributed by atoms with Gasteiger partial charge in [0.15, 0.2) is 0 Å². The van der Waals surface area contributed by atoms with E-state index >= 15 is 0 Å². The highest BCUT2D eigenvalue weighted by Crippen LogP contribution is 2.29. The number of non-ortho nitro benzene ring substituents is 1. The van der Waals surface area contributed by atoms with E-state index in [9.17, 15) is 14.9 Å². The van der Waals surface area contributed by atoms with Gasteiger partial charge in [-0.25, -0.2) is 0 Å². The molecule has 0 fully saturated rings. The van der Waals surface area contributed by atoms with Gasteiger partial charge >= 0.3 is 0 Å². The van der Waals surface area contributed by atoms with E-state index in [-0.39, 0.29) is 34.8 Å². The Morgan fingerprint density at radius 3 is 2.42 bits per heavy atom. The van der Waals surface area contributed by atoms with Gasteiger partial charge in [-0.2, -0.15) is 0 Å². The molecule has 1 amide bonds. The van der Waals surface area contributed by atoms with Crippen LogP contribution in [0.3, 0.4) is 0 Å². The van der Waals surface area contributed by atoms with Gasteiger partial charge in [-0.05, 0) is 40.7 Å². The van der Waals surface area contributed by atoms with Crippen molar-refractivity contribution < 1.29 is 14.1 Å². The molecule has 2 rings (SSSR count). The van der Waals surface area contributed by atoms with E-state index in [0.717, 1.165) is 0 Å². The van der Waals surface area contributed by atoms with Crippen molar-refractivity contribution in [1.82, 2.24) is 15.1 Å². The van der Waals surface area contributed by atoms with Crippen LogP contribution in [0.4, 0.5) is 5.69 Å². The number of rotatable bonds is 7.